The van der Waals surface area contributed by atoms with Crippen molar-refractivity contribution < 1.29 is 4.39 Å². The molecular weight excluding hydrogens is 311 g/mol. The van der Waals surface area contributed by atoms with E-state index in [0.717, 1.165) is 37.0 Å². The van der Waals surface area contributed by atoms with Gasteiger partial charge in [0, 0.05) is 12.0 Å². The van der Waals surface area contributed by atoms with Crippen LogP contribution >= 0.6 is 11.6 Å². The summed E-state index contributed by atoms with van der Waals surface area (Å²) in [6.45, 7) is 1.16. The highest BCUT2D eigenvalue weighted by molar-refractivity contribution is 6.31. The third-order valence-corrected chi connectivity index (χ3v) is 5.96. The summed E-state index contributed by atoms with van der Waals surface area (Å²) in [6, 6.07) is 2.16. The maximum Gasteiger partial charge on any atom is 0.142 e. The molecule has 1 N–H and O–H groups in total. The van der Waals surface area contributed by atoms with Gasteiger partial charge in [0.05, 0.1) is 16.9 Å². The zero-order valence-electron chi connectivity index (χ0n) is 13.9. The van der Waals surface area contributed by atoms with Crippen molar-refractivity contribution in [1.29, 1.82) is 0 Å². The van der Waals surface area contributed by atoms with Crippen LogP contribution in [0.5, 0.6) is 0 Å². The van der Waals surface area contributed by atoms with Crippen molar-refractivity contribution in [2.45, 2.75) is 76.2 Å². The molecule has 0 saturated heterocycles. The standard InChI is InChI=1S/C19H28ClFN2/c20-18-12-16(21)13-23-19(18)15-8-6-14(7-9-15)10-11-22-17-4-2-1-3-5-17/h12-15,17,22H,1-11H2. The predicted octanol–water partition coefficient (Wildman–Crippen LogP) is 5.46. The number of rotatable bonds is 5. The van der Waals surface area contributed by atoms with Gasteiger partial charge in [0.1, 0.15) is 5.82 Å². The molecule has 0 bridgehead atoms. The third kappa shape index (κ3) is 4.90. The summed E-state index contributed by atoms with van der Waals surface area (Å²) < 4.78 is 13.1. The van der Waals surface area contributed by atoms with E-state index in [9.17, 15) is 4.39 Å². The number of aromatic nitrogens is 1. The van der Waals surface area contributed by atoms with Gasteiger partial charge in [-0.25, -0.2) is 4.39 Å². The summed E-state index contributed by atoms with van der Waals surface area (Å²) in [4.78, 5) is 4.23. The Bertz CT molecular complexity index is 494. The average molecular weight is 339 g/mol. The maximum atomic E-state index is 13.1. The van der Waals surface area contributed by atoms with Crippen molar-refractivity contribution in [3.8, 4) is 0 Å². The highest BCUT2D eigenvalue weighted by Gasteiger charge is 2.25. The Morgan fingerprint density at radius 1 is 1.09 bits per heavy atom. The van der Waals surface area contributed by atoms with Crippen LogP contribution in [0, 0.1) is 11.7 Å². The summed E-state index contributed by atoms with van der Waals surface area (Å²) >= 11 is 6.16. The molecule has 2 fully saturated rings. The van der Waals surface area contributed by atoms with E-state index in [1.807, 2.05) is 0 Å². The van der Waals surface area contributed by atoms with E-state index in [1.54, 1.807) is 0 Å². The van der Waals surface area contributed by atoms with Crippen LogP contribution in [0.4, 0.5) is 4.39 Å². The third-order valence-electron chi connectivity index (χ3n) is 5.66. The lowest BCUT2D eigenvalue weighted by Gasteiger charge is -2.29. The number of nitrogens with zero attached hydrogens (tertiary/aromatic N) is 1. The van der Waals surface area contributed by atoms with Crippen LogP contribution in [-0.2, 0) is 0 Å². The maximum absolute atomic E-state index is 13.1. The first-order valence-electron chi connectivity index (χ1n) is 9.26. The zero-order chi connectivity index (χ0) is 16.1. The molecule has 3 rings (SSSR count). The smallest absolute Gasteiger partial charge is 0.142 e. The van der Waals surface area contributed by atoms with Crippen molar-refractivity contribution in [2.24, 2.45) is 5.92 Å². The quantitative estimate of drug-likeness (QED) is 0.771. The first-order chi connectivity index (χ1) is 11.2. The van der Waals surface area contributed by atoms with Crippen molar-refractivity contribution >= 4 is 11.6 Å². The lowest BCUT2D eigenvalue weighted by Crippen LogP contribution is -2.32. The largest absolute Gasteiger partial charge is 0.314 e. The van der Waals surface area contributed by atoms with E-state index in [-0.39, 0.29) is 5.82 Å². The first-order valence-corrected chi connectivity index (χ1v) is 9.64. The normalized spacial score (nSPS) is 26.3. The second-order valence-electron chi connectivity index (χ2n) is 7.32. The fourth-order valence-corrected chi connectivity index (χ4v) is 4.56. The Balaban J connectivity index is 1.39. The number of halogens is 2. The van der Waals surface area contributed by atoms with Crippen LogP contribution in [0.2, 0.25) is 5.02 Å². The van der Waals surface area contributed by atoms with Crippen molar-refractivity contribution in [3.63, 3.8) is 0 Å². The van der Waals surface area contributed by atoms with E-state index in [4.69, 9.17) is 11.6 Å². The Hall–Kier alpha value is -0.670. The van der Waals surface area contributed by atoms with Gasteiger partial charge in [-0.3, -0.25) is 4.98 Å². The van der Waals surface area contributed by atoms with Gasteiger partial charge in [-0.05, 0) is 63.5 Å². The molecule has 0 radical (unpaired) electrons. The summed E-state index contributed by atoms with van der Waals surface area (Å²) in [7, 11) is 0. The van der Waals surface area contributed by atoms with E-state index in [1.165, 1.54) is 63.6 Å². The Morgan fingerprint density at radius 2 is 1.83 bits per heavy atom. The summed E-state index contributed by atoms with van der Waals surface area (Å²) in [5.41, 5.74) is 0.895. The minimum Gasteiger partial charge on any atom is -0.314 e. The Kier molecular flexibility index (Phi) is 6.29. The number of hydrogen-bond acceptors (Lipinski definition) is 2. The van der Waals surface area contributed by atoms with Crippen molar-refractivity contribution in [2.75, 3.05) is 6.54 Å². The molecule has 0 aliphatic heterocycles. The van der Waals surface area contributed by atoms with Crippen LogP contribution in [0.25, 0.3) is 0 Å². The van der Waals surface area contributed by atoms with Crippen LogP contribution in [0.1, 0.15) is 75.8 Å². The van der Waals surface area contributed by atoms with Gasteiger partial charge in [-0.15, -0.1) is 0 Å². The molecule has 128 valence electrons. The van der Waals surface area contributed by atoms with Gasteiger partial charge >= 0.3 is 0 Å². The van der Waals surface area contributed by atoms with Gasteiger partial charge in [-0.1, -0.05) is 30.9 Å². The van der Waals surface area contributed by atoms with Gasteiger partial charge in [0.25, 0.3) is 0 Å². The minimum atomic E-state index is -0.346. The fourth-order valence-electron chi connectivity index (χ4n) is 4.25. The zero-order valence-corrected chi connectivity index (χ0v) is 14.6. The SMILES string of the molecule is Fc1cnc(C2CCC(CCNC3CCCCC3)CC2)c(Cl)c1. The molecular formula is C19H28ClFN2. The van der Waals surface area contributed by atoms with Crippen LogP contribution < -0.4 is 5.32 Å². The lowest BCUT2D eigenvalue weighted by molar-refractivity contribution is 0.291. The van der Waals surface area contributed by atoms with Gasteiger partial charge in [-0.2, -0.15) is 0 Å². The molecule has 2 saturated carbocycles. The van der Waals surface area contributed by atoms with Gasteiger partial charge < -0.3 is 5.32 Å². The molecule has 0 spiro atoms. The first kappa shape index (κ1) is 17.2. The highest BCUT2D eigenvalue weighted by Crippen LogP contribution is 2.38. The molecule has 2 aliphatic rings. The van der Waals surface area contributed by atoms with E-state index >= 15 is 0 Å². The Labute approximate surface area is 144 Å². The summed E-state index contributed by atoms with van der Waals surface area (Å²) in [6.07, 6.45) is 14.3. The topological polar surface area (TPSA) is 24.9 Å². The molecule has 1 heterocycles. The van der Waals surface area contributed by atoms with Crippen LogP contribution in [0.15, 0.2) is 12.3 Å². The lowest BCUT2D eigenvalue weighted by atomic mass is 9.79. The highest BCUT2D eigenvalue weighted by atomic mass is 35.5. The van der Waals surface area contributed by atoms with E-state index in [2.05, 4.69) is 10.3 Å². The van der Waals surface area contributed by atoms with Crippen molar-refractivity contribution in [3.05, 3.63) is 28.8 Å². The number of pyridine rings is 1. The molecule has 1 aromatic heterocycles. The minimum absolute atomic E-state index is 0.346. The van der Waals surface area contributed by atoms with Crippen molar-refractivity contribution in [1.82, 2.24) is 10.3 Å². The van der Waals surface area contributed by atoms with Gasteiger partial charge in [0.15, 0.2) is 0 Å². The van der Waals surface area contributed by atoms with E-state index < -0.39 is 0 Å². The second kappa shape index (κ2) is 8.43. The molecule has 0 amide bonds. The van der Waals surface area contributed by atoms with Crippen LogP contribution in [0.3, 0.4) is 0 Å². The van der Waals surface area contributed by atoms with E-state index in [0.29, 0.717) is 10.9 Å². The molecule has 0 atom stereocenters. The predicted molar refractivity (Wildman–Crippen MR) is 93.4 cm³/mol. The molecule has 0 unspecified atom stereocenters. The monoisotopic (exact) mass is 338 g/mol. The molecule has 2 nitrogen and oxygen atoms in total. The molecule has 1 aromatic rings. The Morgan fingerprint density at radius 3 is 2.52 bits per heavy atom. The summed E-state index contributed by atoms with van der Waals surface area (Å²) in [5, 5.41) is 4.24. The number of hydrogen-bond donors (Lipinski definition) is 1. The molecule has 2 aliphatic carbocycles. The average Bonchev–Trinajstić information content (AvgIpc) is 2.57. The molecule has 0 aromatic carbocycles. The molecule has 23 heavy (non-hydrogen) atoms. The summed E-state index contributed by atoms with van der Waals surface area (Å²) in [5.74, 6) is 0.883. The van der Waals surface area contributed by atoms with Gasteiger partial charge in [0.2, 0.25) is 0 Å². The molecule has 4 heteroatoms. The number of nitrogens with one attached hydrogen (secondary N) is 1. The fraction of sp³-hybridized carbons (Fsp3) is 0.737. The second-order valence-corrected chi connectivity index (χ2v) is 7.72. The van der Waals surface area contributed by atoms with Crippen LogP contribution in [-0.4, -0.2) is 17.6 Å².